The summed E-state index contributed by atoms with van der Waals surface area (Å²) in [4.78, 5) is 18.9. The summed E-state index contributed by atoms with van der Waals surface area (Å²) in [7, 11) is 1.72. The molecule has 0 spiro atoms. The molecule has 1 aromatic carbocycles. The molecule has 1 aliphatic rings. The molecule has 28 heavy (non-hydrogen) atoms. The summed E-state index contributed by atoms with van der Waals surface area (Å²) in [6.45, 7) is -0.144. The molecule has 144 valence electrons. The van der Waals surface area contributed by atoms with Crippen molar-refractivity contribution in [2.24, 2.45) is 5.92 Å². The van der Waals surface area contributed by atoms with Gasteiger partial charge in [0.15, 0.2) is 5.69 Å². The third-order valence-electron chi connectivity index (χ3n) is 4.94. The van der Waals surface area contributed by atoms with Gasteiger partial charge in [0.1, 0.15) is 11.6 Å². The SMILES string of the molecule is CN(C(=O)c1cn(Cc2c(F)cccc2F)nn1)C(c1ccccn1)C1CC1. The Morgan fingerprint density at radius 3 is 2.61 bits per heavy atom. The van der Waals surface area contributed by atoms with Crippen LogP contribution in [0.5, 0.6) is 0 Å². The molecule has 2 heterocycles. The average molecular weight is 383 g/mol. The van der Waals surface area contributed by atoms with Gasteiger partial charge in [0.2, 0.25) is 0 Å². The van der Waals surface area contributed by atoms with Crippen molar-refractivity contribution in [3.63, 3.8) is 0 Å². The van der Waals surface area contributed by atoms with Crippen molar-refractivity contribution >= 4 is 5.91 Å². The summed E-state index contributed by atoms with van der Waals surface area (Å²) in [5.41, 5.74) is 0.839. The molecule has 2 aromatic heterocycles. The summed E-state index contributed by atoms with van der Waals surface area (Å²) >= 11 is 0. The van der Waals surface area contributed by atoms with Gasteiger partial charge in [-0.25, -0.2) is 13.5 Å². The van der Waals surface area contributed by atoms with Gasteiger partial charge in [-0.1, -0.05) is 17.3 Å². The smallest absolute Gasteiger partial charge is 0.276 e. The minimum absolute atomic E-state index is 0.121. The number of carbonyl (C=O) groups is 1. The number of rotatable bonds is 6. The molecular formula is C20H19F2N5O. The van der Waals surface area contributed by atoms with E-state index < -0.39 is 11.6 Å². The lowest BCUT2D eigenvalue weighted by atomic mass is 10.1. The van der Waals surface area contributed by atoms with Gasteiger partial charge in [-0.05, 0) is 43.0 Å². The molecule has 1 amide bonds. The van der Waals surface area contributed by atoms with Crippen molar-refractivity contribution in [3.05, 3.63) is 77.4 Å². The Labute approximate surface area is 160 Å². The lowest BCUT2D eigenvalue weighted by Crippen LogP contribution is -2.33. The number of hydrogen-bond acceptors (Lipinski definition) is 4. The number of nitrogens with zero attached hydrogens (tertiary/aromatic N) is 5. The lowest BCUT2D eigenvalue weighted by molar-refractivity contribution is 0.0701. The van der Waals surface area contributed by atoms with Crippen LogP contribution in [0.1, 0.15) is 40.6 Å². The lowest BCUT2D eigenvalue weighted by Gasteiger charge is -2.27. The fourth-order valence-electron chi connectivity index (χ4n) is 3.35. The van der Waals surface area contributed by atoms with E-state index in [9.17, 15) is 13.6 Å². The minimum atomic E-state index is -0.663. The molecule has 0 saturated heterocycles. The first-order chi connectivity index (χ1) is 13.5. The van der Waals surface area contributed by atoms with Crippen LogP contribution in [0.4, 0.5) is 8.78 Å². The number of hydrogen-bond donors (Lipinski definition) is 0. The molecule has 0 N–H and O–H groups in total. The Hall–Kier alpha value is -3.16. The zero-order chi connectivity index (χ0) is 19.7. The molecule has 3 aromatic rings. The van der Waals surface area contributed by atoms with Gasteiger partial charge in [0.25, 0.3) is 5.91 Å². The highest BCUT2D eigenvalue weighted by molar-refractivity contribution is 5.92. The van der Waals surface area contributed by atoms with Crippen LogP contribution in [0, 0.1) is 17.6 Å². The minimum Gasteiger partial charge on any atom is -0.331 e. The molecule has 1 fully saturated rings. The third-order valence-corrected chi connectivity index (χ3v) is 4.94. The van der Waals surface area contributed by atoms with Crippen molar-refractivity contribution in [3.8, 4) is 0 Å². The molecule has 0 aliphatic heterocycles. The second-order valence-corrected chi connectivity index (χ2v) is 6.95. The van der Waals surface area contributed by atoms with Gasteiger partial charge in [-0.3, -0.25) is 9.78 Å². The van der Waals surface area contributed by atoms with Crippen LogP contribution >= 0.6 is 0 Å². The Bertz CT molecular complexity index is 967. The maximum absolute atomic E-state index is 13.8. The molecule has 1 atom stereocenters. The van der Waals surface area contributed by atoms with Crippen LogP contribution < -0.4 is 0 Å². The first-order valence-corrected chi connectivity index (χ1v) is 9.05. The van der Waals surface area contributed by atoms with E-state index in [0.29, 0.717) is 5.92 Å². The molecule has 4 rings (SSSR count). The fraction of sp³-hybridized carbons (Fsp3) is 0.300. The second-order valence-electron chi connectivity index (χ2n) is 6.95. The largest absolute Gasteiger partial charge is 0.331 e. The maximum atomic E-state index is 13.8. The molecule has 0 radical (unpaired) electrons. The van der Waals surface area contributed by atoms with Crippen LogP contribution in [0.25, 0.3) is 0 Å². The Balaban J connectivity index is 1.54. The van der Waals surface area contributed by atoms with E-state index in [-0.39, 0.29) is 29.8 Å². The number of amides is 1. The van der Waals surface area contributed by atoms with Crippen LogP contribution in [-0.2, 0) is 6.54 Å². The van der Waals surface area contributed by atoms with Gasteiger partial charge in [-0.15, -0.1) is 5.10 Å². The Morgan fingerprint density at radius 1 is 1.21 bits per heavy atom. The molecule has 8 heteroatoms. The topological polar surface area (TPSA) is 63.9 Å². The van der Waals surface area contributed by atoms with Crippen LogP contribution in [0.15, 0.2) is 48.8 Å². The summed E-state index contributed by atoms with van der Waals surface area (Å²) in [5, 5.41) is 7.76. The Morgan fingerprint density at radius 2 is 1.96 bits per heavy atom. The monoisotopic (exact) mass is 383 g/mol. The van der Waals surface area contributed by atoms with Gasteiger partial charge >= 0.3 is 0 Å². The van der Waals surface area contributed by atoms with Crippen molar-refractivity contribution in [2.45, 2.75) is 25.4 Å². The van der Waals surface area contributed by atoms with Crippen molar-refractivity contribution < 1.29 is 13.6 Å². The highest BCUT2D eigenvalue weighted by Gasteiger charge is 2.38. The van der Waals surface area contributed by atoms with Crippen LogP contribution in [0.3, 0.4) is 0 Å². The summed E-state index contributed by atoms with van der Waals surface area (Å²) in [6, 6.07) is 9.17. The zero-order valence-corrected chi connectivity index (χ0v) is 15.3. The maximum Gasteiger partial charge on any atom is 0.276 e. The second kappa shape index (κ2) is 7.46. The van der Waals surface area contributed by atoms with E-state index in [1.165, 1.54) is 29.1 Å². The van der Waals surface area contributed by atoms with Crippen molar-refractivity contribution in [1.82, 2.24) is 24.9 Å². The third kappa shape index (κ3) is 3.62. The average Bonchev–Trinajstić information content (AvgIpc) is 3.42. The van der Waals surface area contributed by atoms with Crippen LogP contribution in [0.2, 0.25) is 0 Å². The Kier molecular flexibility index (Phi) is 4.85. The molecule has 1 saturated carbocycles. The van der Waals surface area contributed by atoms with Crippen molar-refractivity contribution in [1.29, 1.82) is 0 Å². The molecule has 0 bridgehead atoms. The fourth-order valence-corrected chi connectivity index (χ4v) is 3.35. The summed E-state index contributed by atoms with van der Waals surface area (Å²) < 4.78 is 28.9. The number of aromatic nitrogens is 4. The molecule has 1 unspecified atom stereocenters. The van der Waals surface area contributed by atoms with Crippen LogP contribution in [-0.4, -0.2) is 37.8 Å². The highest BCUT2D eigenvalue weighted by Crippen LogP contribution is 2.43. The van der Waals surface area contributed by atoms with Gasteiger partial charge < -0.3 is 4.90 Å². The molecular weight excluding hydrogens is 364 g/mol. The number of pyridine rings is 1. The van der Waals surface area contributed by atoms with Crippen molar-refractivity contribution in [2.75, 3.05) is 7.05 Å². The van der Waals surface area contributed by atoms with Gasteiger partial charge in [0.05, 0.1) is 24.5 Å². The number of benzene rings is 1. The normalized spacial score (nSPS) is 14.7. The van der Waals surface area contributed by atoms with E-state index >= 15 is 0 Å². The van der Waals surface area contributed by atoms with Gasteiger partial charge in [0, 0.05) is 18.8 Å². The predicted octanol–water partition coefficient (Wildman–Crippen LogP) is 3.22. The summed E-state index contributed by atoms with van der Waals surface area (Å²) in [5.74, 6) is -1.26. The standard InChI is InChI=1S/C20H19F2N5O/c1-26(19(13-8-9-13)17-7-2-3-10-23-17)20(28)18-12-27(25-24-18)11-14-15(21)5-4-6-16(14)22/h2-7,10,12-13,19H,8-9,11H2,1H3. The van der Waals surface area contributed by atoms with E-state index in [1.54, 1.807) is 18.1 Å². The number of carbonyl (C=O) groups excluding carboxylic acids is 1. The van der Waals surface area contributed by atoms with E-state index in [2.05, 4.69) is 15.3 Å². The first kappa shape index (κ1) is 18.2. The van der Waals surface area contributed by atoms with E-state index in [1.807, 2.05) is 18.2 Å². The number of halogens is 2. The predicted molar refractivity (Wildman–Crippen MR) is 97.3 cm³/mol. The quantitative estimate of drug-likeness (QED) is 0.656. The van der Waals surface area contributed by atoms with E-state index in [4.69, 9.17) is 0 Å². The zero-order valence-electron chi connectivity index (χ0n) is 15.3. The molecule has 1 aliphatic carbocycles. The van der Waals surface area contributed by atoms with E-state index in [0.717, 1.165) is 18.5 Å². The highest BCUT2D eigenvalue weighted by atomic mass is 19.1. The van der Waals surface area contributed by atoms with Gasteiger partial charge in [-0.2, -0.15) is 0 Å². The molecule has 6 nitrogen and oxygen atoms in total. The first-order valence-electron chi connectivity index (χ1n) is 9.05. The summed E-state index contributed by atoms with van der Waals surface area (Å²) in [6.07, 6.45) is 5.20.